The number of hydrogen-bond donors (Lipinski definition) is 1. The molecule has 0 saturated carbocycles. The van der Waals surface area contributed by atoms with Crippen LogP contribution in [-0.2, 0) is 9.53 Å². The van der Waals surface area contributed by atoms with Crippen molar-refractivity contribution >= 4 is 17.6 Å². The zero-order valence-corrected chi connectivity index (χ0v) is 16.9. The van der Waals surface area contributed by atoms with Gasteiger partial charge in [-0.15, -0.1) is 0 Å². The highest BCUT2D eigenvalue weighted by Gasteiger charge is 2.20. The molecule has 1 aliphatic rings. The molecule has 7 nitrogen and oxygen atoms in total. The predicted molar refractivity (Wildman–Crippen MR) is 110 cm³/mol. The molecule has 0 bridgehead atoms. The fourth-order valence-electron chi connectivity index (χ4n) is 2.89. The Bertz CT molecular complexity index is 583. The van der Waals surface area contributed by atoms with Crippen LogP contribution in [0.3, 0.4) is 0 Å². The lowest BCUT2D eigenvalue weighted by Gasteiger charge is -2.37. The average molecular weight is 376 g/mol. The molecule has 0 radical (unpaired) electrons. The van der Waals surface area contributed by atoms with E-state index in [4.69, 9.17) is 4.74 Å². The van der Waals surface area contributed by atoms with E-state index in [2.05, 4.69) is 44.4 Å². The van der Waals surface area contributed by atoms with E-state index >= 15 is 0 Å². The minimum absolute atomic E-state index is 0.00605. The van der Waals surface area contributed by atoms with Crippen molar-refractivity contribution in [3.8, 4) is 0 Å². The molecule has 1 N–H and O–H groups in total. The lowest BCUT2D eigenvalue weighted by atomic mass is 10.2. The molecule has 0 spiro atoms. The van der Waals surface area contributed by atoms with Gasteiger partial charge < -0.3 is 24.8 Å². The molecule has 1 heterocycles. The zero-order valence-electron chi connectivity index (χ0n) is 16.9. The summed E-state index contributed by atoms with van der Waals surface area (Å²) < 4.78 is 5.39. The van der Waals surface area contributed by atoms with Crippen molar-refractivity contribution in [2.75, 3.05) is 71.5 Å². The second-order valence-electron chi connectivity index (χ2n) is 6.71. The number of piperazine rings is 1. The third kappa shape index (κ3) is 7.09. The number of guanidine groups is 1. The lowest BCUT2D eigenvalue weighted by molar-refractivity contribution is -0.127. The first-order chi connectivity index (χ1) is 13.1. The Morgan fingerprint density at radius 3 is 2.52 bits per heavy atom. The van der Waals surface area contributed by atoms with Crippen LogP contribution in [0.4, 0.5) is 5.69 Å². The fourth-order valence-corrected chi connectivity index (χ4v) is 2.89. The lowest BCUT2D eigenvalue weighted by Crippen LogP contribution is -2.53. The number of aliphatic imine (C=N–C) groups is 1. The summed E-state index contributed by atoms with van der Waals surface area (Å²) in [5, 5.41) is 3.40. The first kappa shape index (κ1) is 21.0. The molecule has 150 valence electrons. The van der Waals surface area contributed by atoms with Crippen LogP contribution < -0.4 is 10.2 Å². The molecule has 27 heavy (non-hydrogen) atoms. The Kier molecular flexibility index (Phi) is 8.91. The number of likely N-dealkylation sites (N-methyl/N-ethyl adjacent to an activating group) is 1. The van der Waals surface area contributed by atoms with E-state index in [1.165, 1.54) is 5.69 Å². The summed E-state index contributed by atoms with van der Waals surface area (Å²) in [7, 11) is 3.51. The van der Waals surface area contributed by atoms with Crippen LogP contribution in [0.5, 0.6) is 0 Å². The summed E-state index contributed by atoms with van der Waals surface area (Å²) in [5.41, 5.74) is 1.25. The highest BCUT2D eigenvalue weighted by Crippen LogP contribution is 2.15. The van der Waals surface area contributed by atoms with E-state index in [1.807, 2.05) is 13.0 Å². The number of hydrogen-bond acceptors (Lipinski definition) is 4. The summed E-state index contributed by atoms with van der Waals surface area (Å²) in [5.74, 6) is 0.820. The minimum atomic E-state index is 0.00605. The molecule has 0 aromatic heterocycles. The third-order valence-corrected chi connectivity index (χ3v) is 4.52. The van der Waals surface area contributed by atoms with Crippen LogP contribution in [0.15, 0.2) is 35.3 Å². The van der Waals surface area contributed by atoms with Crippen molar-refractivity contribution in [2.45, 2.75) is 13.3 Å². The summed E-state index contributed by atoms with van der Waals surface area (Å²) in [6.45, 7) is 8.04. The van der Waals surface area contributed by atoms with Gasteiger partial charge in [0.1, 0.15) is 6.54 Å². The monoisotopic (exact) mass is 375 g/mol. The molecular formula is C20H33N5O2. The highest BCUT2D eigenvalue weighted by molar-refractivity contribution is 5.85. The normalized spacial score (nSPS) is 15.0. The number of carbonyl (C=O) groups is 1. The van der Waals surface area contributed by atoms with Crippen molar-refractivity contribution in [1.82, 2.24) is 15.1 Å². The SMILES string of the molecule is CCOCCCNC(=NCC(=O)N(C)C)N1CCN(c2ccccc2)CC1. The van der Waals surface area contributed by atoms with E-state index in [9.17, 15) is 4.79 Å². The van der Waals surface area contributed by atoms with Gasteiger partial charge in [0.15, 0.2) is 5.96 Å². The van der Waals surface area contributed by atoms with Crippen LogP contribution in [0.1, 0.15) is 13.3 Å². The molecule has 2 rings (SSSR count). The maximum absolute atomic E-state index is 11.9. The van der Waals surface area contributed by atoms with Gasteiger partial charge in [0.05, 0.1) is 0 Å². The Hall–Kier alpha value is -2.28. The van der Waals surface area contributed by atoms with Crippen molar-refractivity contribution in [3.63, 3.8) is 0 Å². The van der Waals surface area contributed by atoms with E-state index in [-0.39, 0.29) is 12.5 Å². The first-order valence-corrected chi connectivity index (χ1v) is 9.73. The number of ether oxygens (including phenoxy) is 1. The van der Waals surface area contributed by atoms with Crippen molar-refractivity contribution in [1.29, 1.82) is 0 Å². The van der Waals surface area contributed by atoms with Gasteiger partial charge in [-0.25, -0.2) is 4.99 Å². The number of para-hydroxylation sites is 1. The molecule has 1 fully saturated rings. The van der Waals surface area contributed by atoms with Gasteiger partial charge in [0, 0.05) is 65.7 Å². The molecule has 1 amide bonds. The second kappa shape index (κ2) is 11.4. The van der Waals surface area contributed by atoms with Gasteiger partial charge in [-0.3, -0.25) is 4.79 Å². The number of rotatable bonds is 8. The largest absolute Gasteiger partial charge is 0.382 e. The van der Waals surface area contributed by atoms with Gasteiger partial charge in [0.2, 0.25) is 5.91 Å². The van der Waals surface area contributed by atoms with E-state index in [1.54, 1.807) is 19.0 Å². The number of nitrogens with zero attached hydrogens (tertiary/aromatic N) is 4. The maximum atomic E-state index is 11.9. The van der Waals surface area contributed by atoms with E-state index < -0.39 is 0 Å². The fraction of sp³-hybridized carbons (Fsp3) is 0.600. The first-order valence-electron chi connectivity index (χ1n) is 9.73. The van der Waals surface area contributed by atoms with Crippen LogP contribution in [0.2, 0.25) is 0 Å². The molecule has 1 aromatic rings. The summed E-state index contributed by atoms with van der Waals surface area (Å²) in [4.78, 5) is 22.7. The molecule has 0 aliphatic carbocycles. The Morgan fingerprint density at radius 1 is 1.19 bits per heavy atom. The van der Waals surface area contributed by atoms with Gasteiger partial charge in [-0.05, 0) is 25.5 Å². The third-order valence-electron chi connectivity index (χ3n) is 4.52. The number of benzene rings is 1. The van der Waals surface area contributed by atoms with Crippen LogP contribution in [-0.4, -0.2) is 88.2 Å². The highest BCUT2D eigenvalue weighted by atomic mass is 16.5. The number of nitrogens with one attached hydrogen (secondary N) is 1. The average Bonchev–Trinajstić information content (AvgIpc) is 2.70. The molecular weight excluding hydrogens is 342 g/mol. The van der Waals surface area contributed by atoms with Crippen LogP contribution >= 0.6 is 0 Å². The topological polar surface area (TPSA) is 60.4 Å². The molecule has 7 heteroatoms. The molecule has 1 saturated heterocycles. The Balaban J connectivity index is 1.92. The maximum Gasteiger partial charge on any atom is 0.243 e. The quantitative estimate of drug-likeness (QED) is 0.421. The number of anilines is 1. The number of carbonyl (C=O) groups excluding carboxylic acids is 1. The zero-order chi connectivity index (χ0) is 19.5. The second-order valence-corrected chi connectivity index (χ2v) is 6.71. The van der Waals surface area contributed by atoms with Gasteiger partial charge >= 0.3 is 0 Å². The molecule has 0 unspecified atom stereocenters. The standard InChI is InChI=1S/C20H33N5O2/c1-4-27-16-8-11-21-20(22-17-19(26)23(2)3)25-14-12-24(13-15-25)18-9-6-5-7-10-18/h5-7,9-10H,4,8,11-17H2,1-3H3,(H,21,22). The predicted octanol–water partition coefficient (Wildman–Crippen LogP) is 1.27. The van der Waals surface area contributed by atoms with Crippen LogP contribution in [0, 0.1) is 0 Å². The van der Waals surface area contributed by atoms with Gasteiger partial charge in [0.25, 0.3) is 0 Å². The van der Waals surface area contributed by atoms with Crippen molar-refractivity contribution in [3.05, 3.63) is 30.3 Å². The molecule has 1 aromatic carbocycles. The van der Waals surface area contributed by atoms with Crippen molar-refractivity contribution < 1.29 is 9.53 Å². The smallest absolute Gasteiger partial charge is 0.243 e. The summed E-state index contributed by atoms with van der Waals surface area (Å²) in [6, 6.07) is 10.5. The minimum Gasteiger partial charge on any atom is -0.382 e. The van der Waals surface area contributed by atoms with E-state index in [0.29, 0.717) is 0 Å². The molecule has 1 aliphatic heterocycles. The van der Waals surface area contributed by atoms with Gasteiger partial charge in [-0.2, -0.15) is 0 Å². The number of amides is 1. The Labute approximate surface area is 163 Å². The van der Waals surface area contributed by atoms with Crippen molar-refractivity contribution in [2.24, 2.45) is 4.99 Å². The summed E-state index contributed by atoms with van der Waals surface area (Å²) in [6.07, 6.45) is 0.915. The van der Waals surface area contributed by atoms with Crippen LogP contribution in [0.25, 0.3) is 0 Å². The molecule has 0 atom stereocenters. The van der Waals surface area contributed by atoms with Gasteiger partial charge in [-0.1, -0.05) is 18.2 Å². The van der Waals surface area contributed by atoms with E-state index in [0.717, 1.165) is 58.3 Å². The Morgan fingerprint density at radius 2 is 1.89 bits per heavy atom. The summed E-state index contributed by atoms with van der Waals surface area (Å²) >= 11 is 0.